The highest BCUT2D eigenvalue weighted by molar-refractivity contribution is 9.09. The Morgan fingerprint density at radius 1 is 1.33 bits per heavy atom. The summed E-state index contributed by atoms with van der Waals surface area (Å²) in [7, 11) is 0. The van der Waals surface area contributed by atoms with Crippen molar-refractivity contribution in [2.45, 2.75) is 50.0 Å². The third-order valence-corrected chi connectivity index (χ3v) is 5.93. The predicted octanol–water partition coefficient (Wildman–Crippen LogP) is 4.61. The van der Waals surface area contributed by atoms with E-state index in [1.165, 1.54) is 31.7 Å². The second-order valence-corrected chi connectivity index (χ2v) is 6.77. The Morgan fingerprint density at radius 3 is 2.67 bits per heavy atom. The number of alkyl halides is 1. The Kier molecular flexibility index (Phi) is 3.13. The van der Waals surface area contributed by atoms with Crippen molar-refractivity contribution in [1.82, 2.24) is 0 Å². The van der Waals surface area contributed by atoms with Gasteiger partial charge in [0.05, 0.1) is 0 Å². The molecule has 0 aliphatic heterocycles. The first kappa shape index (κ1) is 12.5. The van der Waals surface area contributed by atoms with Crippen LogP contribution in [0.4, 0.5) is 4.39 Å². The minimum absolute atomic E-state index is 0.178. The zero-order chi connectivity index (χ0) is 12.8. The Labute approximate surface area is 116 Å². The van der Waals surface area contributed by atoms with Crippen LogP contribution in [-0.4, -0.2) is 10.9 Å². The van der Waals surface area contributed by atoms with Gasteiger partial charge in [0, 0.05) is 16.3 Å². The molecule has 2 saturated carbocycles. The summed E-state index contributed by atoms with van der Waals surface area (Å²) in [5.74, 6) is 0.497. The molecule has 2 atom stereocenters. The van der Waals surface area contributed by atoms with Gasteiger partial charge in [-0.15, -0.1) is 0 Å². The molecule has 0 aromatic heterocycles. The van der Waals surface area contributed by atoms with Crippen molar-refractivity contribution in [2.75, 3.05) is 0 Å². The van der Waals surface area contributed by atoms with Gasteiger partial charge in [-0.2, -0.15) is 0 Å². The van der Waals surface area contributed by atoms with E-state index in [1.807, 2.05) is 6.07 Å². The topological polar surface area (TPSA) is 9.23 Å². The van der Waals surface area contributed by atoms with E-state index in [1.54, 1.807) is 13.0 Å². The van der Waals surface area contributed by atoms with E-state index in [9.17, 15) is 4.39 Å². The molecule has 98 valence electrons. The molecule has 2 aliphatic carbocycles. The summed E-state index contributed by atoms with van der Waals surface area (Å²) in [6.45, 7) is 1.77. The minimum atomic E-state index is -0.178. The van der Waals surface area contributed by atoms with Gasteiger partial charge in [0.2, 0.25) is 0 Å². The van der Waals surface area contributed by atoms with Crippen LogP contribution in [0.1, 0.15) is 37.7 Å². The molecule has 0 N–H and O–H groups in total. The molecular weight excluding hydrogens is 295 g/mol. The number of aryl methyl sites for hydroxylation is 1. The molecule has 1 aromatic rings. The molecule has 3 rings (SSSR count). The van der Waals surface area contributed by atoms with E-state index < -0.39 is 0 Å². The number of ether oxygens (including phenoxy) is 1. The van der Waals surface area contributed by atoms with E-state index in [2.05, 4.69) is 15.9 Å². The molecule has 2 fully saturated rings. The molecule has 0 heterocycles. The lowest BCUT2D eigenvalue weighted by atomic mass is 9.64. The van der Waals surface area contributed by atoms with Gasteiger partial charge >= 0.3 is 0 Å². The number of benzene rings is 1. The fourth-order valence-electron chi connectivity index (χ4n) is 3.34. The summed E-state index contributed by atoms with van der Waals surface area (Å²) in [5.41, 5.74) is 0.978. The average Bonchev–Trinajstić information content (AvgIpc) is 2.85. The van der Waals surface area contributed by atoms with Gasteiger partial charge in [0.1, 0.15) is 17.7 Å². The lowest BCUT2D eigenvalue weighted by Crippen LogP contribution is -2.55. The van der Waals surface area contributed by atoms with E-state index in [4.69, 9.17) is 4.74 Å². The summed E-state index contributed by atoms with van der Waals surface area (Å²) >= 11 is 3.77. The van der Waals surface area contributed by atoms with Crippen molar-refractivity contribution in [3.63, 3.8) is 0 Å². The van der Waals surface area contributed by atoms with Crippen molar-refractivity contribution < 1.29 is 9.13 Å². The zero-order valence-electron chi connectivity index (χ0n) is 10.6. The second kappa shape index (κ2) is 4.52. The first-order valence-electron chi connectivity index (χ1n) is 6.69. The maximum Gasteiger partial charge on any atom is 0.129 e. The van der Waals surface area contributed by atoms with Crippen LogP contribution in [-0.2, 0) is 0 Å². The van der Waals surface area contributed by atoms with E-state index in [0.29, 0.717) is 21.6 Å². The van der Waals surface area contributed by atoms with Crippen molar-refractivity contribution in [3.05, 3.63) is 29.6 Å². The highest BCUT2D eigenvalue weighted by Crippen LogP contribution is 2.57. The number of rotatable bonds is 2. The predicted molar refractivity (Wildman–Crippen MR) is 73.8 cm³/mol. The minimum Gasteiger partial charge on any atom is -0.490 e. The van der Waals surface area contributed by atoms with Crippen LogP contribution in [0, 0.1) is 18.2 Å². The zero-order valence-corrected chi connectivity index (χ0v) is 12.2. The molecule has 18 heavy (non-hydrogen) atoms. The molecule has 0 bridgehead atoms. The Hall–Kier alpha value is -0.570. The van der Waals surface area contributed by atoms with Crippen LogP contribution >= 0.6 is 15.9 Å². The lowest BCUT2D eigenvalue weighted by Gasteiger charge is -2.51. The summed E-state index contributed by atoms with van der Waals surface area (Å²) < 4.78 is 19.5. The normalized spacial score (nSPS) is 29.3. The molecule has 2 aliphatic rings. The number of hydrogen-bond donors (Lipinski definition) is 0. The van der Waals surface area contributed by atoms with Gasteiger partial charge in [0.25, 0.3) is 0 Å². The van der Waals surface area contributed by atoms with E-state index in [-0.39, 0.29) is 11.9 Å². The van der Waals surface area contributed by atoms with E-state index in [0.717, 1.165) is 6.42 Å². The number of hydrogen-bond acceptors (Lipinski definition) is 1. The lowest BCUT2D eigenvalue weighted by molar-refractivity contribution is -0.0305. The monoisotopic (exact) mass is 312 g/mol. The van der Waals surface area contributed by atoms with Crippen LogP contribution in [0.25, 0.3) is 0 Å². The third kappa shape index (κ3) is 1.87. The van der Waals surface area contributed by atoms with Crippen LogP contribution in [0.15, 0.2) is 18.2 Å². The van der Waals surface area contributed by atoms with Gasteiger partial charge in [-0.05, 0) is 37.8 Å². The van der Waals surface area contributed by atoms with Gasteiger partial charge < -0.3 is 4.74 Å². The fourth-order valence-corrected chi connectivity index (χ4v) is 4.44. The van der Waals surface area contributed by atoms with Gasteiger partial charge in [-0.25, -0.2) is 4.39 Å². The van der Waals surface area contributed by atoms with E-state index >= 15 is 0 Å². The molecule has 2 unspecified atom stereocenters. The van der Waals surface area contributed by atoms with Crippen molar-refractivity contribution in [3.8, 4) is 5.75 Å². The Balaban J connectivity index is 1.75. The van der Waals surface area contributed by atoms with Gasteiger partial charge in [-0.3, -0.25) is 0 Å². The maximum absolute atomic E-state index is 13.5. The molecule has 0 saturated heterocycles. The summed E-state index contributed by atoms with van der Waals surface area (Å²) in [6, 6.07) is 5.18. The smallest absolute Gasteiger partial charge is 0.129 e. The van der Waals surface area contributed by atoms with Gasteiger partial charge in [0.15, 0.2) is 0 Å². The number of halogens is 2. The van der Waals surface area contributed by atoms with Crippen LogP contribution in [0.5, 0.6) is 5.75 Å². The SMILES string of the molecule is Cc1ccc(OC2CC(Br)C23CCCC3)cc1F. The average molecular weight is 313 g/mol. The van der Waals surface area contributed by atoms with Crippen LogP contribution in [0.2, 0.25) is 0 Å². The fraction of sp³-hybridized carbons (Fsp3) is 0.600. The quantitative estimate of drug-likeness (QED) is 0.725. The van der Waals surface area contributed by atoms with Crippen LogP contribution in [0.3, 0.4) is 0 Å². The first-order chi connectivity index (χ1) is 8.62. The Morgan fingerprint density at radius 2 is 2.06 bits per heavy atom. The maximum atomic E-state index is 13.5. The molecule has 1 nitrogen and oxygen atoms in total. The summed E-state index contributed by atoms with van der Waals surface area (Å²) in [6.07, 6.45) is 6.36. The molecule has 1 spiro atoms. The first-order valence-corrected chi connectivity index (χ1v) is 7.60. The molecule has 0 radical (unpaired) electrons. The van der Waals surface area contributed by atoms with Crippen molar-refractivity contribution >= 4 is 15.9 Å². The Bertz CT molecular complexity index is 454. The highest BCUT2D eigenvalue weighted by atomic mass is 79.9. The summed E-state index contributed by atoms with van der Waals surface area (Å²) in [5, 5.41) is 0. The largest absolute Gasteiger partial charge is 0.490 e. The second-order valence-electron chi connectivity index (χ2n) is 5.66. The molecule has 1 aromatic carbocycles. The molecular formula is C15H18BrFO. The standard InChI is InChI=1S/C15H18BrFO/c1-10-4-5-11(8-12(10)17)18-14-9-13(16)15(14)6-2-3-7-15/h4-5,8,13-14H,2-3,6-7,9H2,1H3. The highest BCUT2D eigenvalue weighted by Gasteiger charge is 2.56. The third-order valence-electron chi connectivity index (χ3n) is 4.64. The van der Waals surface area contributed by atoms with Crippen molar-refractivity contribution in [1.29, 1.82) is 0 Å². The summed E-state index contributed by atoms with van der Waals surface area (Å²) in [4.78, 5) is 0.577. The van der Waals surface area contributed by atoms with Crippen molar-refractivity contribution in [2.24, 2.45) is 5.41 Å². The molecule has 3 heteroatoms. The van der Waals surface area contributed by atoms with Gasteiger partial charge in [-0.1, -0.05) is 34.8 Å². The van der Waals surface area contributed by atoms with Crippen LogP contribution < -0.4 is 4.74 Å². The molecule has 0 amide bonds.